The summed E-state index contributed by atoms with van der Waals surface area (Å²) in [5, 5.41) is 3.07. The highest BCUT2D eigenvalue weighted by atomic mass is 16.6. The largest absolute Gasteiger partial charge is 0.447 e. The quantitative estimate of drug-likeness (QED) is 0.682. The summed E-state index contributed by atoms with van der Waals surface area (Å²) in [7, 11) is 1.60. The lowest BCUT2D eigenvalue weighted by Gasteiger charge is -2.37. The molecule has 0 aliphatic carbocycles. The minimum Gasteiger partial charge on any atom is -0.447 e. The molecule has 0 radical (unpaired) electrons. The number of nitrogens with zero attached hydrogens (tertiary/aromatic N) is 2. The Kier molecular flexibility index (Phi) is 9.34. The van der Waals surface area contributed by atoms with Crippen LogP contribution in [0.5, 0.6) is 0 Å². The minimum atomic E-state index is -0.228. The summed E-state index contributed by atoms with van der Waals surface area (Å²) in [5.74, 6) is 0.858. The third-order valence-electron chi connectivity index (χ3n) is 5.57. The highest BCUT2D eigenvalue weighted by molar-refractivity contribution is 5.78. The zero-order valence-corrected chi connectivity index (χ0v) is 17.2. The van der Waals surface area contributed by atoms with Gasteiger partial charge in [0.05, 0.1) is 6.61 Å². The van der Waals surface area contributed by atoms with Crippen LogP contribution in [0.25, 0.3) is 0 Å². The first-order valence-corrected chi connectivity index (χ1v) is 10.4. The van der Waals surface area contributed by atoms with E-state index in [9.17, 15) is 9.59 Å². The van der Waals surface area contributed by atoms with Crippen molar-refractivity contribution >= 4 is 12.0 Å². The van der Waals surface area contributed by atoms with Crippen molar-refractivity contribution in [2.45, 2.75) is 52.0 Å². The molecular weight excluding hydrogens is 346 g/mol. The average Bonchev–Trinajstić information content (AvgIpc) is 2.92. The zero-order chi connectivity index (χ0) is 19.6. The van der Waals surface area contributed by atoms with E-state index in [2.05, 4.69) is 24.1 Å². The molecule has 2 aliphatic heterocycles. The van der Waals surface area contributed by atoms with Gasteiger partial charge in [-0.2, -0.15) is 0 Å². The summed E-state index contributed by atoms with van der Waals surface area (Å²) in [6.45, 7) is 9.19. The normalized spacial score (nSPS) is 22.5. The van der Waals surface area contributed by atoms with Gasteiger partial charge in [0.2, 0.25) is 5.91 Å². The third kappa shape index (κ3) is 7.30. The van der Waals surface area contributed by atoms with Gasteiger partial charge in [0.15, 0.2) is 0 Å². The maximum Gasteiger partial charge on any atom is 0.409 e. The number of amides is 2. The molecule has 2 aliphatic rings. The van der Waals surface area contributed by atoms with Crippen LogP contribution >= 0.6 is 0 Å². The average molecular weight is 384 g/mol. The molecule has 0 saturated carbocycles. The number of rotatable bonds is 7. The molecule has 0 aromatic rings. The second-order valence-corrected chi connectivity index (χ2v) is 8.13. The van der Waals surface area contributed by atoms with E-state index in [1.54, 1.807) is 7.11 Å². The van der Waals surface area contributed by atoms with Gasteiger partial charge in [-0.1, -0.05) is 13.8 Å². The summed E-state index contributed by atoms with van der Waals surface area (Å²) >= 11 is 0. The molecule has 1 N–H and O–H groups in total. The predicted molar refractivity (Wildman–Crippen MR) is 105 cm³/mol. The Morgan fingerprint density at radius 2 is 1.78 bits per heavy atom. The SMILES string of the molecule is COCCOC(=O)N1CCCC(N2CCC(C(=O)NCC(C)C)CC2)CC1. The van der Waals surface area contributed by atoms with Gasteiger partial charge in [0.1, 0.15) is 6.61 Å². The molecule has 1 unspecified atom stereocenters. The van der Waals surface area contributed by atoms with Crippen LogP contribution in [0.2, 0.25) is 0 Å². The molecule has 7 heteroatoms. The van der Waals surface area contributed by atoms with Crippen molar-refractivity contribution in [2.75, 3.05) is 53.0 Å². The molecule has 27 heavy (non-hydrogen) atoms. The Morgan fingerprint density at radius 1 is 1.04 bits per heavy atom. The fourth-order valence-electron chi connectivity index (χ4n) is 3.91. The van der Waals surface area contributed by atoms with Gasteiger partial charge in [-0.25, -0.2) is 4.79 Å². The van der Waals surface area contributed by atoms with Gasteiger partial charge in [-0.3, -0.25) is 4.79 Å². The van der Waals surface area contributed by atoms with Crippen molar-refractivity contribution in [2.24, 2.45) is 11.8 Å². The minimum absolute atomic E-state index is 0.151. The Morgan fingerprint density at radius 3 is 2.44 bits per heavy atom. The highest BCUT2D eigenvalue weighted by Gasteiger charge is 2.30. The molecule has 0 aromatic carbocycles. The first-order valence-electron chi connectivity index (χ1n) is 10.4. The lowest BCUT2D eigenvalue weighted by atomic mass is 9.93. The molecule has 2 heterocycles. The van der Waals surface area contributed by atoms with Crippen LogP contribution in [0.3, 0.4) is 0 Å². The number of piperidine rings is 1. The van der Waals surface area contributed by atoms with E-state index in [0.29, 0.717) is 25.2 Å². The molecular formula is C20H37N3O4. The molecule has 0 aromatic heterocycles. The van der Waals surface area contributed by atoms with E-state index in [1.807, 2.05) is 4.90 Å². The van der Waals surface area contributed by atoms with Crippen molar-refractivity contribution < 1.29 is 19.1 Å². The fourth-order valence-corrected chi connectivity index (χ4v) is 3.91. The van der Waals surface area contributed by atoms with E-state index < -0.39 is 0 Å². The number of hydrogen-bond acceptors (Lipinski definition) is 5. The molecule has 2 saturated heterocycles. The third-order valence-corrected chi connectivity index (χ3v) is 5.57. The van der Waals surface area contributed by atoms with Gasteiger partial charge in [0, 0.05) is 38.7 Å². The maximum atomic E-state index is 12.3. The zero-order valence-electron chi connectivity index (χ0n) is 17.2. The van der Waals surface area contributed by atoms with Gasteiger partial charge in [-0.05, 0) is 51.1 Å². The second-order valence-electron chi connectivity index (χ2n) is 8.13. The molecule has 2 fully saturated rings. The monoisotopic (exact) mass is 383 g/mol. The summed E-state index contributed by atoms with van der Waals surface area (Å²) in [6.07, 6.45) is 4.72. The molecule has 2 rings (SSSR count). The van der Waals surface area contributed by atoms with E-state index in [4.69, 9.17) is 9.47 Å². The summed E-state index contributed by atoms with van der Waals surface area (Å²) in [5.41, 5.74) is 0. The second kappa shape index (κ2) is 11.5. The van der Waals surface area contributed by atoms with Crippen LogP contribution < -0.4 is 5.32 Å². The first-order chi connectivity index (χ1) is 13.0. The lowest BCUT2D eigenvalue weighted by molar-refractivity contribution is -0.126. The van der Waals surface area contributed by atoms with E-state index >= 15 is 0 Å². The molecule has 156 valence electrons. The number of carbonyl (C=O) groups is 2. The summed E-state index contributed by atoms with van der Waals surface area (Å²) < 4.78 is 10.2. The van der Waals surface area contributed by atoms with Crippen molar-refractivity contribution in [1.82, 2.24) is 15.1 Å². The van der Waals surface area contributed by atoms with Gasteiger partial charge >= 0.3 is 6.09 Å². The number of ether oxygens (including phenoxy) is 2. The van der Waals surface area contributed by atoms with Crippen LogP contribution in [0.4, 0.5) is 4.79 Å². The smallest absolute Gasteiger partial charge is 0.409 e. The number of likely N-dealkylation sites (tertiary alicyclic amines) is 2. The molecule has 0 bridgehead atoms. The molecule has 7 nitrogen and oxygen atoms in total. The standard InChI is InChI=1S/C20H37N3O4/c1-16(2)15-21-19(24)17-6-10-22(11-7-17)18-5-4-9-23(12-8-18)20(25)27-14-13-26-3/h16-18H,4-15H2,1-3H3,(H,21,24). The van der Waals surface area contributed by atoms with E-state index in [-0.39, 0.29) is 17.9 Å². The van der Waals surface area contributed by atoms with Gasteiger partial charge in [0.25, 0.3) is 0 Å². The number of hydrogen-bond donors (Lipinski definition) is 1. The predicted octanol–water partition coefficient (Wildman–Crippen LogP) is 2.11. The molecule has 0 spiro atoms. The van der Waals surface area contributed by atoms with Crippen LogP contribution in [0, 0.1) is 11.8 Å². The Balaban J connectivity index is 1.72. The van der Waals surface area contributed by atoms with Crippen LogP contribution in [-0.2, 0) is 14.3 Å². The number of methoxy groups -OCH3 is 1. The number of nitrogens with one attached hydrogen (secondary N) is 1. The Hall–Kier alpha value is -1.34. The van der Waals surface area contributed by atoms with E-state index in [0.717, 1.165) is 64.8 Å². The Labute approximate surface area is 163 Å². The maximum absolute atomic E-state index is 12.3. The highest BCUT2D eigenvalue weighted by Crippen LogP contribution is 2.24. The van der Waals surface area contributed by atoms with Crippen molar-refractivity contribution in [1.29, 1.82) is 0 Å². The van der Waals surface area contributed by atoms with Crippen molar-refractivity contribution in [3.05, 3.63) is 0 Å². The van der Waals surface area contributed by atoms with Crippen LogP contribution in [-0.4, -0.2) is 80.9 Å². The van der Waals surface area contributed by atoms with Gasteiger partial charge < -0.3 is 24.6 Å². The lowest BCUT2D eigenvalue weighted by Crippen LogP contribution is -2.45. The van der Waals surface area contributed by atoms with Gasteiger partial charge in [-0.15, -0.1) is 0 Å². The molecule has 1 atom stereocenters. The first kappa shape index (κ1) is 22.0. The summed E-state index contributed by atoms with van der Waals surface area (Å²) in [6, 6.07) is 0.501. The molecule has 2 amide bonds. The van der Waals surface area contributed by atoms with E-state index in [1.165, 1.54) is 0 Å². The number of carbonyl (C=O) groups excluding carboxylic acids is 2. The van der Waals surface area contributed by atoms with Crippen molar-refractivity contribution in [3.63, 3.8) is 0 Å². The van der Waals surface area contributed by atoms with Crippen molar-refractivity contribution in [3.8, 4) is 0 Å². The fraction of sp³-hybridized carbons (Fsp3) is 0.900. The summed E-state index contributed by atoms with van der Waals surface area (Å²) in [4.78, 5) is 28.7. The van der Waals surface area contributed by atoms with Crippen LogP contribution in [0.1, 0.15) is 46.0 Å². The topological polar surface area (TPSA) is 71.1 Å². The Bertz CT molecular complexity index is 464. The van der Waals surface area contributed by atoms with Crippen LogP contribution in [0.15, 0.2) is 0 Å².